The molecule has 21 heavy (non-hydrogen) atoms. The Hall–Kier alpha value is -1.29. The van der Waals surface area contributed by atoms with Gasteiger partial charge in [-0.3, -0.25) is 0 Å². The van der Waals surface area contributed by atoms with E-state index < -0.39 is 0 Å². The summed E-state index contributed by atoms with van der Waals surface area (Å²) in [6.07, 6.45) is 2.44. The van der Waals surface area contributed by atoms with Crippen LogP contribution in [0.15, 0.2) is 12.1 Å². The number of ether oxygens (including phenoxy) is 1. The van der Waals surface area contributed by atoms with Crippen molar-refractivity contribution < 1.29 is 4.74 Å². The van der Waals surface area contributed by atoms with Crippen LogP contribution in [0.2, 0.25) is 0 Å². The van der Waals surface area contributed by atoms with Gasteiger partial charge in [0, 0.05) is 17.5 Å². The van der Waals surface area contributed by atoms with Crippen LogP contribution in [0, 0.1) is 19.8 Å². The van der Waals surface area contributed by atoms with Gasteiger partial charge in [-0.15, -0.1) is 0 Å². The minimum atomic E-state index is -0.330. The Morgan fingerprint density at radius 3 is 2.62 bits per heavy atom. The van der Waals surface area contributed by atoms with E-state index in [9.17, 15) is 0 Å². The number of fused-ring (bicyclic) bond motifs is 4. The van der Waals surface area contributed by atoms with Gasteiger partial charge in [-0.1, -0.05) is 13.0 Å². The molecule has 112 valence electrons. The first-order valence-corrected chi connectivity index (χ1v) is 8.22. The molecular weight excluding hydrogens is 280 g/mol. The van der Waals surface area contributed by atoms with Crippen LogP contribution in [-0.2, 0) is 0 Å². The highest BCUT2D eigenvalue weighted by atomic mass is 32.1. The monoisotopic (exact) mass is 302 g/mol. The van der Waals surface area contributed by atoms with Crippen LogP contribution in [-0.4, -0.2) is 21.8 Å². The SMILES string of the molecule is Cc1cc2c(cc1C)C1NC(=S)N(C3CC3)C(C)(O2)C1C. The predicted octanol–water partition coefficient (Wildman–Crippen LogP) is 3.44. The lowest BCUT2D eigenvalue weighted by Crippen LogP contribution is -2.69. The number of hydrogen-bond acceptors (Lipinski definition) is 2. The van der Waals surface area contributed by atoms with E-state index in [1.54, 1.807) is 0 Å². The summed E-state index contributed by atoms with van der Waals surface area (Å²) in [5.41, 5.74) is 3.51. The van der Waals surface area contributed by atoms with Crippen LogP contribution in [0.1, 0.15) is 49.4 Å². The highest BCUT2D eigenvalue weighted by Crippen LogP contribution is 2.51. The molecule has 4 heteroatoms. The summed E-state index contributed by atoms with van der Waals surface area (Å²) in [7, 11) is 0. The molecule has 2 heterocycles. The molecule has 1 aromatic rings. The normalized spacial score (nSPS) is 34.1. The summed E-state index contributed by atoms with van der Waals surface area (Å²) >= 11 is 5.65. The Morgan fingerprint density at radius 1 is 1.29 bits per heavy atom. The molecular formula is C17H22N2OS. The molecule has 1 aromatic carbocycles. The van der Waals surface area contributed by atoms with Crippen molar-refractivity contribution in [3.63, 3.8) is 0 Å². The second-order valence-corrected chi connectivity index (χ2v) is 7.33. The van der Waals surface area contributed by atoms with Crippen LogP contribution in [0.25, 0.3) is 0 Å². The van der Waals surface area contributed by atoms with Gasteiger partial charge in [0.1, 0.15) is 5.75 Å². The highest BCUT2D eigenvalue weighted by molar-refractivity contribution is 7.80. The van der Waals surface area contributed by atoms with E-state index in [0.29, 0.717) is 12.0 Å². The van der Waals surface area contributed by atoms with Crippen molar-refractivity contribution in [1.82, 2.24) is 10.2 Å². The van der Waals surface area contributed by atoms with Gasteiger partial charge in [0.15, 0.2) is 10.8 Å². The first kappa shape index (κ1) is 13.4. The first-order valence-electron chi connectivity index (χ1n) is 7.82. The molecule has 3 aliphatic rings. The van der Waals surface area contributed by atoms with Crippen molar-refractivity contribution >= 4 is 17.3 Å². The molecule has 1 saturated heterocycles. The molecule has 2 fully saturated rings. The van der Waals surface area contributed by atoms with E-state index in [2.05, 4.69) is 50.0 Å². The zero-order chi connectivity index (χ0) is 14.9. The number of aryl methyl sites for hydroxylation is 2. The lowest BCUT2D eigenvalue weighted by atomic mass is 9.80. The quantitative estimate of drug-likeness (QED) is 0.803. The Morgan fingerprint density at radius 2 is 1.95 bits per heavy atom. The van der Waals surface area contributed by atoms with Gasteiger partial charge in [-0.05, 0) is 63.0 Å². The van der Waals surface area contributed by atoms with Gasteiger partial charge in [-0.2, -0.15) is 0 Å². The van der Waals surface area contributed by atoms with E-state index in [1.165, 1.54) is 29.5 Å². The summed E-state index contributed by atoms with van der Waals surface area (Å²) in [6, 6.07) is 5.24. The Bertz CT molecular complexity index is 640. The van der Waals surface area contributed by atoms with Gasteiger partial charge in [0.2, 0.25) is 0 Å². The van der Waals surface area contributed by atoms with Crippen LogP contribution < -0.4 is 10.1 Å². The van der Waals surface area contributed by atoms with E-state index in [4.69, 9.17) is 17.0 Å². The van der Waals surface area contributed by atoms with Crippen molar-refractivity contribution in [2.24, 2.45) is 5.92 Å². The average Bonchev–Trinajstić information content (AvgIpc) is 3.21. The van der Waals surface area contributed by atoms with Crippen molar-refractivity contribution in [2.75, 3.05) is 0 Å². The van der Waals surface area contributed by atoms with Gasteiger partial charge in [-0.25, -0.2) is 0 Å². The number of hydrogen-bond donors (Lipinski definition) is 1. The summed E-state index contributed by atoms with van der Waals surface area (Å²) < 4.78 is 6.52. The first-order chi connectivity index (χ1) is 9.91. The van der Waals surface area contributed by atoms with Crippen LogP contribution in [0.3, 0.4) is 0 Å². The van der Waals surface area contributed by atoms with E-state index in [0.717, 1.165) is 10.9 Å². The van der Waals surface area contributed by atoms with Gasteiger partial charge in [0.25, 0.3) is 0 Å². The molecule has 0 aromatic heterocycles. The summed E-state index contributed by atoms with van der Waals surface area (Å²) in [5.74, 6) is 1.38. The van der Waals surface area contributed by atoms with Crippen LogP contribution >= 0.6 is 12.2 Å². The molecule has 2 bridgehead atoms. The third kappa shape index (κ3) is 1.75. The largest absolute Gasteiger partial charge is 0.467 e. The van der Waals surface area contributed by atoms with E-state index in [-0.39, 0.29) is 11.8 Å². The standard InChI is InChI=1S/C17H22N2OS/c1-9-7-13-14(8-10(9)2)20-17(4)11(3)15(13)18-16(21)19(17)12-5-6-12/h7-8,11-12,15H,5-6H2,1-4H3,(H,18,21). The van der Waals surface area contributed by atoms with Crippen LogP contribution in [0.5, 0.6) is 5.75 Å². The molecule has 1 saturated carbocycles. The Balaban J connectivity index is 1.86. The number of nitrogens with zero attached hydrogens (tertiary/aromatic N) is 1. The van der Waals surface area contributed by atoms with Crippen LogP contribution in [0.4, 0.5) is 0 Å². The molecule has 3 atom stereocenters. The third-order valence-electron chi connectivity index (χ3n) is 5.51. The predicted molar refractivity (Wildman–Crippen MR) is 87.4 cm³/mol. The molecule has 4 rings (SSSR count). The summed E-state index contributed by atoms with van der Waals surface area (Å²) in [6.45, 7) is 8.78. The Kier molecular flexibility index (Phi) is 2.63. The maximum absolute atomic E-state index is 6.52. The van der Waals surface area contributed by atoms with Crippen molar-refractivity contribution in [2.45, 2.75) is 58.3 Å². The molecule has 1 N–H and O–H groups in total. The van der Waals surface area contributed by atoms with E-state index in [1.807, 2.05) is 0 Å². The highest BCUT2D eigenvalue weighted by Gasteiger charge is 2.56. The maximum Gasteiger partial charge on any atom is 0.187 e. The molecule has 3 unspecified atom stereocenters. The van der Waals surface area contributed by atoms with Crippen molar-refractivity contribution in [1.29, 1.82) is 0 Å². The smallest absolute Gasteiger partial charge is 0.187 e. The van der Waals surface area contributed by atoms with E-state index >= 15 is 0 Å². The fraction of sp³-hybridized carbons (Fsp3) is 0.588. The average molecular weight is 302 g/mol. The third-order valence-corrected chi connectivity index (χ3v) is 5.83. The molecule has 0 spiro atoms. The number of rotatable bonds is 1. The fourth-order valence-corrected chi connectivity index (χ4v) is 4.23. The number of thiocarbonyl (C=S) groups is 1. The van der Waals surface area contributed by atoms with Gasteiger partial charge in [0.05, 0.1) is 6.04 Å². The molecule has 2 aliphatic heterocycles. The molecule has 1 aliphatic carbocycles. The molecule has 3 nitrogen and oxygen atoms in total. The second-order valence-electron chi connectivity index (χ2n) is 6.95. The topological polar surface area (TPSA) is 24.5 Å². The minimum Gasteiger partial charge on any atom is -0.467 e. The maximum atomic E-state index is 6.52. The van der Waals surface area contributed by atoms with Crippen molar-refractivity contribution in [3.05, 3.63) is 28.8 Å². The fourth-order valence-electron chi connectivity index (χ4n) is 3.77. The molecule has 0 radical (unpaired) electrons. The summed E-state index contributed by atoms with van der Waals surface area (Å²) in [4.78, 5) is 2.31. The minimum absolute atomic E-state index is 0.251. The lowest BCUT2D eigenvalue weighted by molar-refractivity contribution is -0.114. The molecule has 0 amide bonds. The zero-order valence-electron chi connectivity index (χ0n) is 13.1. The summed E-state index contributed by atoms with van der Waals surface area (Å²) in [5, 5.41) is 4.43. The zero-order valence-corrected chi connectivity index (χ0v) is 13.9. The second kappa shape index (κ2) is 4.13. The lowest BCUT2D eigenvalue weighted by Gasteiger charge is -2.56. The van der Waals surface area contributed by atoms with Gasteiger partial charge < -0.3 is 15.0 Å². The number of benzene rings is 1. The number of nitrogens with one attached hydrogen (secondary N) is 1. The van der Waals surface area contributed by atoms with Crippen molar-refractivity contribution in [3.8, 4) is 5.75 Å². The Labute approximate surface area is 131 Å². The van der Waals surface area contributed by atoms with Gasteiger partial charge >= 0.3 is 0 Å².